The van der Waals surface area contributed by atoms with Crippen molar-refractivity contribution in [2.75, 3.05) is 7.05 Å². The second kappa shape index (κ2) is 5.80. The van der Waals surface area contributed by atoms with Gasteiger partial charge < -0.3 is 5.32 Å². The number of benzene rings is 1. The Morgan fingerprint density at radius 1 is 1.00 bits per heavy atom. The molecule has 1 unspecified atom stereocenters. The fraction of sp³-hybridized carbons (Fsp3) is 0.176. The van der Waals surface area contributed by atoms with Gasteiger partial charge in [0.2, 0.25) is 0 Å². The summed E-state index contributed by atoms with van der Waals surface area (Å²) in [5.74, 6) is 0. The van der Waals surface area contributed by atoms with Crippen molar-refractivity contribution in [1.82, 2.24) is 15.3 Å². The predicted octanol–water partition coefficient (Wildman–Crippen LogP) is 3.13. The van der Waals surface area contributed by atoms with Gasteiger partial charge in [-0.15, -0.1) is 0 Å². The minimum Gasteiger partial charge on any atom is -0.313 e. The van der Waals surface area contributed by atoms with Crippen LogP contribution in [0.5, 0.6) is 0 Å². The number of hydrogen-bond donors (Lipinski definition) is 1. The molecule has 0 aliphatic heterocycles. The highest BCUT2D eigenvalue weighted by Crippen LogP contribution is 2.21. The molecular weight excluding hydrogens is 246 g/mol. The number of aromatic nitrogens is 2. The maximum absolute atomic E-state index is 4.42. The molecule has 1 aromatic carbocycles. The van der Waals surface area contributed by atoms with E-state index in [4.69, 9.17) is 0 Å². The fourth-order valence-electron chi connectivity index (χ4n) is 2.41. The summed E-state index contributed by atoms with van der Waals surface area (Å²) in [5.41, 5.74) is 3.36. The predicted molar refractivity (Wildman–Crippen MR) is 81.5 cm³/mol. The molecule has 0 saturated carbocycles. The monoisotopic (exact) mass is 263 g/mol. The Labute approximate surface area is 118 Å². The van der Waals surface area contributed by atoms with E-state index in [2.05, 4.69) is 45.6 Å². The van der Waals surface area contributed by atoms with E-state index in [0.29, 0.717) is 0 Å². The van der Waals surface area contributed by atoms with Crippen LogP contribution in [0.25, 0.3) is 10.9 Å². The van der Waals surface area contributed by atoms with Crippen LogP contribution in [0.15, 0.2) is 60.9 Å². The van der Waals surface area contributed by atoms with Crippen LogP contribution in [0.3, 0.4) is 0 Å². The Hall–Kier alpha value is -2.26. The first kappa shape index (κ1) is 12.8. The molecule has 0 saturated heterocycles. The van der Waals surface area contributed by atoms with Crippen LogP contribution < -0.4 is 5.32 Å². The number of rotatable bonds is 4. The molecule has 3 aromatic rings. The Morgan fingerprint density at radius 3 is 2.70 bits per heavy atom. The van der Waals surface area contributed by atoms with Crippen LogP contribution in [-0.4, -0.2) is 17.0 Å². The maximum atomic E-state index is 4.42. The van der Waals surface area contributed by atoms with Crippen LogP contribution in [-0.2, 0) is 6.42 Å². The summed E-state index contributed by atoms with van der Waals surface area (Å²) in [6, 6.07) is 16.8. The highest BCUT2D eigenvalue weighted by Gasteiger charge is 2.11. The van der Waals surface area contributed by atoms with Gasteiger partial charge in [-0.2, -0.15) is 0 Å². The smallest absolute Gasteiger partial charge is 0.0705 e. The minimum absolute atomic E-state index is 0.247. The Bertz CT molecular complexity index is 695. The van der Waals surface area contributed by atoms with Gasteiger partial charge in [0.05, 0.1) is 5.52 Å². The summed E-state index contributed by atoms with van der Waals surface area (Å²) in [7, 11) is 1.98. The minimum atomic E-state index is 0.247. The molecule has 2 heterocycles. The van der Waals surface area contributed by atoms with Crippen molar-refractivity contribution in [2.45, 2.75) is 12.5 Å². The van der Waals surface area contributed by atoms with Crippen molar-refractivity contribution in [3.63, 3.8) is 0 Å². The molecule has 0 bridgehead atoms. The molecule has 2 aromatic heterocycles. The van der Waals surface area contributed by atoms with Gasteiger partial charge in [0.1, 0.15) is 0 Å². The highest BCUT2D eigenvalue weighted by molar-refractivity contribution is 5.79. The number of hydrogen-bond acceptors (Lipinski definition) is 3. The molecule has 20 heavy (non-hydrogen) atoms. The Balaban J connectivity index is 1.91. The first-order valence-corrected chi connectivity index (χ1v) is 6.78. The van der Waals surface area contributed by atoms with Crippen LogP contribution in [0.1, 0.15) is 17.3 Å². The van der Waals surface area contributed by atoms with E-state index < -0.39 is 0 Å². The van der Waals surface area contributed by atoms with E-state index in [9.17, 15) is 0 Å². The van der Waals surface area contributed by atoms with E-state index in [1.165, 1.54) is 10.9 Å². The van der Waals surface area contributed by atoms with Crippen LogP contribution in [0, 0.1) is 0 Å². The molecule has 3 nitrogen and oxygen atoms in total. The van der Waals surface area contributed by atoms with Crippen molar-refractivity contribution in [3.05, 3.63) is 72.2 Å². The maximum Gasteiger partial charge on any atom is 0.0705 e. The van der Waals surface area contributed by atoms with Crippen LogP contribution in [0.2, 0.25) is 0 Å². The average Bonchev–Trinajstić information content (AvgIpc) is 2.53. The zero-order valence-corrected chi connectivity index (χ0v) is 11.5. The van der Waals surface area contributed by atoms with Crippen molar-refractivity contribution in [3.8, 4) is 0 Å². The van der Waals surface area contributed by atoms with Gasteiger partial charge in [-0.1, -0.05) is 24.3 Å². The lowest BCUT2D eigenvalue weighted by molar-refractivity contribution is 0.585. The third-order valence-electron chi connectivity index (χ3n) is 3.52. The molecule has 0 spiro atoms. The molecule has 0 fully saturated rings. The topological polar surface area (TPSA) is 37.8 Å². The van der Waals surface area contributed by atoms with E-state index in [1.807, 2.05) is 37.6 Å². The van der Waals surface area contributed by atoms with Gasteiger partial charge in [-0.25, -0.2) is 0 Å². The van der Waals surface area contributed by atoms with Gasteiger partial charge in [0, 0.05) is 35.9 Å². The van der Waals surface area contributed by atoms with E-state index in [0.717, 1.165) is 17.6 Å². The molecule has 1 atom stereocenters. The van der Waals surface area contributed by atoms with Crippen molar-refractivity contribution in [1.29, 1.82) is 0 Å². The molecule has 0 aliphatic rings. The lowest BCUT2D eigenvalue weighted by Crippen LogP contribution is -2.19. The van der Waals surface area contributed by atoms with E-state index in [-0.39, 0.29) is 6.04 Å². The molecule has 0 amide bonds. The molecule has 3 rings (SSSR count). The second-order valence-corrected chi connectivity index (χ2v) is 4.82. The second-order valence-electron chi connectivity index (χ2n) is 4.82. The first-order chi connectivity index (χ1) is 9.86. The van der Waals surface area contributed by atoms with E-state index >= 15 is 0 Å². The Kier molecular flexibility index (Phi) is 3.70. The van der Waals surface area contributed by atoms with Crippen molar-refractivity contribution in [2.24, 2.45) is 0 Å². The highest BCUT2D eigenvalue weighted by atomic mass is 14.9. The summed E-state index contributed by atoms with van der Waals surface area (Å²) in [4.78, 5) is 8.82. The average molecular weight is 263 g/mol. The normalized spacial score (nSPS) is 12.4. The van der Waals surface area contributed by atoms with Crippen molar-refractivity contribution < 1.29 is 0 Å². The zero-order valence-electron chi connectivity index (χ0n) is 11.5. The SMILES string of the molecule is CNC(Cc1ccccn1)c1ccc2cccnc2c1. The molecular formula is C17H17N3. The first-order valence-electron chi connectivity index (χ1n) is 6.78. The third kappa shape index (κ3) is 2.68. The summed E-state index contributed by atoms with van der Waals surface area (Å²) >= 11 is 0. The summed E-state index contributed by atoms with van der Waals surface area (Å²) < 4.78 is 0. The number of likely N-dealkylation sites (N-methyl/N-ethyl adjacent to an activating group) is 1. The van der Waals surface area contributed by atoms with Crippen LogP contribution >= 0.6 is 0 Å². The summed E-state index contributed by atoms with van der Waals surface area (Å²) in [5, 5.41) is 4.53. The number of nitrogens with one attached hydrogen (secondary N) is 1. The van der Waals surface area contributed by atoms with Crippen molar-refractivity contribution >= 4 is 10.9 Å². The van der Waals surface area contributed by atoms with Gasteiger partial charge in [-0.05, 0) is 36.9 Å². The molecule has 0 aliphatic carbocycles. The van der Waals surface area contributed by atoms with Gasteiger partial charge in [0.15, 0.2) is 0 Å². The van der Waals surface area contributed by atoms with Gasteiger partial charge in [0.25, 0.3) is 0 Å². The third-order valence-corrected chi connectivity index (χ3v) is 3.52. The fourth-order valence-corrected chi connectivity index (χ4v) is 2.41. The van der Waals surface area contributed by atoms with E-state index in [1.54, 1.807) is 0 Å². The van der Waals surface area contributed by atoms with Crippen LogP contribution in [0.4, 0.5) is 0 Å². The van der Waals surface area contributed by atoms with Gasteiger partial charge in [-0.3, -0.25) is 9.97 Å². The molecule has 0 radical (unpaired) electrons. The lowest BCUT2D eigenvalue weighted by Gasteiger charge is -2.16. The molecule has 1 N–H and O–H groups in total. The Morgan fingerprint density at radius 2 is 1.90 bits per heavy atom. The lowest BCUT2D eigenvalue weighted by atomic mass is 10.0. The standard InChI is InChI=1S/C17H17N3/c1-18-16(12-15-6-2-3-9-19-15)14-8-7-13-5-4-10-20-17(13)11-14/h2-11,16,18H,12H2,1H3. The zero-order chi connectivity index (χ0) is 13.8. The molecule has 3 heteroatoms. The number of fused-ring (bicyclic) bond motifs is 1. The largest absolute Gasteiger partial charge is 0.313 e. The number of pyridine rings is 2. The van der Waals surface area contributed by atoms with Gasteiger partial charge >= 0.3 is 0 Å². The summed E-state index contributed by atoms with van der Waals surface area (Å²) in [6.45, 7) is 0. The quantitative estimate of drug-likeness (QED) is 0.786. The molecule has 100 valence electrons. The summed E-state index contributed by atoms with van der Waals surface area (Å²) in [6.07, 6.45) is 4.54. The number of nitrogens with zero attached hydrogens (tertiary/aromatic N) is 2.